The third-order valence-electron chi connectivity index (χ3n) is 4.47. The first-order valence-electron chi connectivity index (χ1n) is 7.31. The van der Waals surface area contributed by atoms with Crippen LogP contribution in [-0.4, -0.2) is 31.2 Å². The molecule has 21 heavy (non-hydrogen) atoms. The Morgan fingerprint density at radius 2 is 2.05 bits per heavy atom. The summed E-state index contributed by atoms with van der Waals surface area (Å²) in [5.74, 6) is -0.674. The molecule has 1 spiro atoms. The Hall–Kier alpha value is -0.970. The summed E-state index contributed by atoms with van der Waals surface area (Å²) in [6, 6.07) is 4.27. The maximum atomic E-state index is 13.5. The second-order valence-electron chi connectivity index (χ2n) is 5.83. The van der Waals surface area contributed by atoms with Crippen molar-refractivity contribution in [1.29, 1.82) is 0 Å². The molecule has 0 bridgehead atoms. The van der Waals surface area contributed by atoms with Gasteiger partial charge in [0, 0.05) is 31.3 Å². The van der Waals surface area contributed by atoms with Crippen LogP contribution in [0.3, 0.4) is 0 Å². The molecular weight excluding hydrogens is 295 g/mol. The molecule has 0 amide bonds. The Labute approximate surface area is 128 Å². The molecule has 0 radical (unpaired) electrons. The second kappa shape index (κ2) is 6.03. The molecule has 0 aliphatic carbocycles. The van der Waals surface area contributed by atoms with Gasteiger partial charge in [0.1, 0.15) is 5.82 Å². The first kappa shape index (κ1) is 14.9. The Morgan fingerprint density at radius 3 is 2.76 bits per heavy atom. The fourth-order valence-corrected chi connectivity index (χ4v) is 3.35. The van der Waals surface area contributed by atoms with Gasteiger partial charge in [0.25, 0.3) is 0 Å². The van der Waals surface area contributed by atoms with E-state index in [-0.39, 0.29) is 22.3 Å². The van der Waals surface area contributed by atoms with Crippen LogP contribution in [0.2, 0.25) is 5.02 Å². The van der Waals surface area contributed by atoms with Gasteiger partial charge in [-0.05, 0) is 43.9 Å². The first-order valence-corrected chi connectivity index (χ1v) is 7.68. The van der Waals surface area contributed by atoms with Gasteiger partial charge in [0.15, 0.2) is 5.78 Å². The maximum absolute atomic E-state index is 13.5. The van der Waals surface area contributed by atoms with Gasteiger partial charge in [0.05, 0.1) is 10.6 Å². The normalized spacial score (nSPS) is 25.0. The molecule has 5 heteroatoms. The molecule has 1 aromatic rings. The lowest BCUT2D eigenvalue weighted by Crippen LogP contribution is -2.45. The van der Waals surface area contributed by atoms with Gasteiger partial charge < -0.3 is 9.47 Å². The molecule has 2 saturated heterocycles. The molecule has 114 valence electrons. The van der Waals surface area contributed by atoms with Gasteiger partial charge in [0.2, 0.25) is 0 Å². The van der Waals surface area contributed by atoms with Crippen molar-refractivity contribution in [3.05, 3.63) is 34.6 Å². The number of hydrogen-bond acceptors (Lipinski definition) is 3. The van der Waals surface area contributed by atoms with Crippen LogP contribution in [0.4, 0.5) is 4.39 Å². The minimum Gasteiger partial charge on any atom is -0.381 e. The smallest absolute Gasteiger partial charge is 0.166 e. The Kier molecular flexibility index (Phi) is 4.29. The van der Waals surface area contributed by atoms with Crippen LogP contribution in [0.15, 0.2) is 18.2 Å². The quantitative estimate of drug-likeness (QED) is 0.782. The zero-order valence-corrected chi connectivity index (χ0v) is 12.5. The molecule has 1 aromatic carbocycles. The van der Waals surface area contributed by atoms with Crippen LogP contribution in [0.5, 0.6) is 0 Å². The summed E-state index contributed by atoms with van der Waals surface area (Å²) in [7, 11) is 0. The lowest BCUT2D eigenvalue weighted by molar-refractivity contribution is -0.142. The van der Waals surface area contributed by atoms with E-state index < -0.39 is 5.82 Å². The van der Waals surface area contributed by atoms with Gasteiger partial charge in [-0.1, -0.05) is 11.6 Å². The molecule has 3 rings (SSSR count). The van der Waals surface area contributed by atoms with Gasteiger partial charge in [-0.3, -0.25) is 4.79 Å². The number of ketones is 1. The highest BCUT2D eigenvalue weighted by atomic mass is 35.5. The lowest BCUT2D eigenvalue weighted by Gasteiger charge is -2.42. The Balaban J connectivity index is 1.76. The molecule has 0 aromatic heterocycles. The standard InChI is InChI=1S/C16H18ClFO3/c17-13-2-1-11(9-14(13)18)15(19)12-3-6-21-16(10-12)4-7-20-8-5-16/h1-2,9,12H,3-8,10H2. The van der Waals surface area contributed by atoms with Crippen molar-refractivity contribution in [1.82, 2.24) is 0 Å². The summed E-state index contributed by atoms with van der Waals surface area (Å²) in [6.45, 7) is 1.93. The highest BCUT2D eigenvalue weighted by Gasteiger charge is 2.41. The Bertz CT molecular complexity index is 535. The number of carbonyl (C=O) groups excluding carboxylic acids is 1. The average molecular weight is 313 g/mol. The van der Waals surface area contributed by atoms with Crippen LogP contribution in [-0.2, 0) is 9.47 Å². The van der Waals surface area contributed by atoms with Crippen molar-refractivity contribution in [3.8, 4) is 0 Å². The number of benzene rings is 1. The third-order valence-corrected chi connectivity index (χ3v) is 4.78. The van der Waals surface area contributed by atoms with E-state index in [9.17, 15) is 9.18 Å². The predicted molar refractivity (Wildman–Crippen MR) is 77.2 cm³/mol. The average Bonchev–Trinajstić information content (AvgIpc) is 2.50. The number of halogens is 2. The summed E-state index contributed by atoms with van der Waals surface area (Å²) >= 11 is 5.67. The highest BCUT2D eigenvalue weighted by molar-refractivity contribution is 6.30. The summed E-state index contributed by atoms with van der Waals surface area (Å²) in [5.41, 5.74) is 0.160. The Morgan fingerprint density at radius 1 is 1.29 bits per heavy atom. The summed E-state index contributed by atoms with van der Waals surface area (Å²) in [5, 5.41) is 0.0411. The number of Topliss-reactive ketones (excluding diaryl/α,β-unsaturated/α-hetero) is 1. The van der Waals surface area contributed by atoms with Gasteiger partial charge in [-0.25, -0.2) is 4.39 Å². The molecule has 0 saturated carbocycles. The SMILES string of the molecule is O=C(c1ccc(Cl)c(F)c1)C1CCOC2(CCOCC2)C1. The van der Waals surface area contributed by atoms with E-state index in [0.29, 0.717) is 38.2 Å². The fraction of sp³-hybridized carbons (Fsp3) is 0.562. The minimum atomic E-state index is -0.546. The van der Waals surface area contributed by atoms with Crippen LogP contribution >= 0.6 is 11.6 Å². The second-order valence-corrected chi connectivity index (χ2v) is 6.23. The van der Waals surface area contributed by atoms with Crippen molar-refractivity contribution < 1.29 is 18.7 Å². The number of rotatable bonds is 2. The van der Waals surface area contributed by atoms with E-state index in [0.717, 1.165) is 12.8 Å². The number of ether oxygens (including phenoxy) is 2. The van der Waals surface area contributed by atoms with E-state index in [1.54, 1.807) is 6.07 Å². The van der Waals surface area contributed by atoms with E-state index in [1.165, 1.54) is 12.1 Å². The fourth-order valence-electron chi connectivity index (χ4n) is 3.23. The van der Waals surface area contributed by atoms with Gasteiger partial charge >= 0.3 is 0 Å². The number of carbonyl (C=O) groups is 1. The maximum Gasteiger partial charge on any atom is 0.166 e. The van der Waals surface area contributed by atoms with Crippen molar-refractivity contribution >= 4 is 17.4 Å². The third kappa shape index (κ3) is 3.12. The van der Waals surface area contributed by atoms with Crippen LogP contribution in [0.25, 0.3) is 0 Å². The zero-order chi connectivity index (χ0) is 14.9. The van der Waals surface area contributed by atoms with Crippen LogP contribution < -0.4 is 0 Å². The molecule has 2 fully saturated rings. The topological polar surface area (TPSA) is 35.5 Å². The van der Waals surface area contributed by atoms with Crippen LogP contribution in [0, 0.1) is 11.7 Å². The van der Waals surface area contributed by atoms with Gasteiger partial charge in [-0.15, -0.1) is 0 Å². The van der Waals surface area contributed by atoms with E-state index >= 15 is 0 Å². The van der Waals surface area contributed by atoms with E-state index in [4.69, 9.17) is 21.1 Å². The summed E-state index contributed by atoms with van der Waals surface area (Å²) in [4.78, 5) is 12.6. The van der Waals surface area contributed by atoms with Crippen molar-refractivity contribution in [2.24, 2.45) is 5.92 Å². The van der Waals surface area contributed by atoms with Gasteiger partial charge in [-0.2, -0.15) is 0 Å². The minimum absolute atomic E-state index is 0.0141. The lowest BCUT2D eigenvalue weighted by atomic mass is 9.78. The molecule has 2 aliphatic heterocycles. The predicted octanol–water partition coefficient (Wildman–Crippen LogP) is 3.64. The van der Waals surface area contributed by atoms with Crippen LogP contribution in [0.1, 0.15) is 36.0 Å². The largest absolute Gasteiger partial charge is 0.381 e. The highest BCUT2D eigenvalue weighted by Crippen LogP contribution is 2.38. The molecule has 2 aliphatic rings. The monoisotopic (exact) mass is 312 g/mol. The van der Waals surface area contributed by atoms with Crippen molar-refractivity contribution in [2.75, 3.05) is 19.8 Å². The summed E-state index contributed by atoms with van der Waals surface area (Å²) in [6.07, 6.45) is 3.03. The molecular formula is C16H18ClFO3. The van der Waals surface area contributed by atoms with Crippen molar-refractivity contribution in [2.45, 2.75) is 31.3 Å². The zero-order valence-electron chi connectivity index (χ0n) is 11.7. The molecule has 1 atom stereocenters. The van der Waals surface area contributed by atoms with Crippen molar-refractivity contribution in [3.63, 3.8) is 0 Å². The van der Waals surface area contributed by atoms with E-state index in [2.05, 4.69) is 0 Å². The molecule has 1 unspecified atom stereocenters. The number of hydrogen-bond donors (Lipinski definition) is 0. The summed E-state index contributed by atoms with van der Waals surface area (Å²) < 4.78 is 24.8. The van der Waals surface area contributed by atoms with E-state index in [1.807, 2.05) is 0 Å². The molecule has 3 nitrogen and oxygen atoms in total. The molecule has 0 N–H and O–H groups in total. The first-order chi connectivity index (χ1) is 10.1. The molecule has 2 heterocycles.